The van der Waals surface area contributed by atoms with E-state index in [0.717, 1.165) is 28.2 Å². The number of carboxylic acids is 1. The molecule has 1 N–H and O–H groups in total. The first-order chi connectivity index (χ1) is 14.7. The Balaban J connectivity index is 1.61. The van der Waals surface area contributed by atoms with Crippen LogP contribution in [0.25, 0.3) is 0 Å². The van der Waals surface area contributed by atoms with E-state index in [4.69, 9.17) is 5.11 Å². The van der Waals surface area contributed by atoms with Crippen LogP contribution in [0, 0.1) is 11.8 Å². The van der Waals surface area contributed by atoms with Gasteiger partial charge in [-0.25, -0.2) is 4.79 Å². The van der Waals surface area contributed by atoms with Crippen LogP contribution in [-0.4, -0.2) is 11.1 Å². The predicted molar refractivity (Wildman–Crippen MR) is 121 cm³/mol. The molecule has 3 nitrogen and oxygen atoms in total. The van der Waals surface area contributed by atoms with Crippen molar-refractivity contribution in [1.82, 2.24) is 0 Å². The number of nitrogens with zero attached hydrogens (tertiary/aromatic N) is 1. The summed E-state index contributed by atoms with van der Waals surface area (Å²) in [5.74, 6) is 5.28. The zero-order valence-corrected chi connectivity index (χ0v) is 16.2. The Morgan fingerprint density at radius 1 is 0.567 bits per heavy atom. The molecule has 0 spiro atoms. The maximum atomic E-state index is 10.9. The van der Waals surface area contributed by atoms with Gasteiger partial charge in [0.15, 0.2) is 0 Å². The van der Waals surface area contributed by atoms with Gasteiger partial charge in [-0.1, -0.05) is 48.2 Å². The Hall–Kier alpha value is -4.29. The molecule has 4 aromatic carbocycles. The molecule has 4 aromatic rings. The average molecular weight is 389 g/mol. The van der Waals surface area contributed by atoms with Crippen molar-refractivity contribution in [3.05, 3.63) is 126 Å². The molecule has 4 rings (SSSR count). The highest BCUT2D eigenvalue weighted by Crippen LogP contribution is 2.33. The van der Waals surface area contributed by atoms with Crippen molar-refractivity contribution in [2.24, 2.45) is 0 Å². The monoisotopic (exact) mass is 389 g/mol. The Morgan fingerprint density at radius 2 is 0.967 bits per heavy atom. The number of anilines is 3. The minimum atomic E-state index is -0.938. The third-order valence-electron chi connectivity index (χ3n) is 4.64. The summed E-state index contributed by atoms with van der Waals surface area (Å²) < 4.78 is 0. The normalized spacial score (nSPS) is 10.0. The van der Waals surface area contributed by atoms with Gasteiger partial charge >= 0.3 is 5.97 Å². The molecule has 0 bridgehead atoms. The number of aromatic carboxylic acids is 1. The van der Waals surface area contributed by atoms with E-state index >= 15 is 0 Å². The molecule has 144 valence electrons. The molecule has 0 aromatic heterocycles. The summed E-state index contributed by atoms with van der Waals surface area (Å²) in [5, 5.41) is 8.98. The van der Waals surface area contributed by atoms with E-state index < -0.39 is 5.97 Å². The van der Waals surface area contributed by atoms with E-state index in [1.807, 2.05) is 48.5 Å². The van der Waals surface area contributed by atoms with Crippen LogP contribution in [0.1, 0.15) is 21.5 Å². The summed E-state index contributed by atoms with van der Waals surface area (Å²) in [4.78, 5) is 13.1. The van der Waals surface area contributed by atoms with E-state index in [1.165, 1.54) is 0 Å². The highest BCUT2D eigenvalue weighted by Gasteiger charge is 2.11. The number of rotatable bonds is 4. The summed E-state index contributed by atoms with van der Waals surface area (Å²) in [7, 11) is 0. The van der Waals surface area contributed by atoms with Crippen LogP contribution in [0.5, 0.6) is 0 Å². The first kappa shape index (κ1) is 19.0. The van der Waals surface area contributed by atoms with Gasteiger partial charge in [0, 0.05) is 28.2 Å². The standard InChI is InChI=1S/C27H19NO2/c29-27(30)23-17-13-21(14-18-23)11-12-22-15-19-26(20-16-22)28(24-7-3-1-4-8-24)25-9-5-2-6-10-25/h1-10,13-20H,(H,29,30). The van der Waals surface area contributed by atoms with Crippen LogP contribution in [0.4, 0.5) is 17.1 Å². The topological polar surface area (TPSA) is 40.5 Å². The molecule has 0 unspecified atom stereocenters. The van der Waals surface area contributed by atoms with Crippen molar-refractivity contribution in [2.45, 2.75) is 0 Å². The van der Waals surface area contributed by atoms with E-state index in [1.54, 1.807) is 24.3 Å². The first-order valence-electron chi connectivity index (χ1n) is 9.56. The molecular weight excluding hydrogens is 370 g/mol. The highest BCUT2D eigenvalue weighted by atomic mass is 16.4. The zero-order valence-electron chi connectivity index (χ0n) is 16.2. The second kappa shape index (κ2) is 8.81. The van der Waals surface area contributed by atoms with Gasteiger partial charge in [0.2, 0.25) is 0 Å². The lowest BCUT2D eigenvalue weighted by atomic mass is 10.1. The molecule has 0 atom stereocenters. The second-order valence-electron chi connectivity index (χ2n) is 6.69. The highest BCUT2D eigenvalue weighted by molar-refractivity contribution is 5.87. The number of hydrogen-bond donors (Lipinski definition) is 1. The molecule has 0 aliphatic rings. The second-order valence-corrected chi connectivity index (χ2v) is 6.69. The van der Waals surface area contributed by atoms with Crippen LogP contribution >= 0.6 is 0 Å². The van der Waals surface area contributed by atoms with Gasteiger partial charge in [-0.3, -0.25) is 0 Å². The number of carbonyl (C=O) groups is 1. The van der Waals surface area contributed by atoms with E-state index in [0.29, 0.717) is 0 Å². The molecule has 0 aliphatic heterocycles. The van der Waals surface area contributed by atoms with Gasteiger partial charge in [-0.05, 0) is 72.8 Å². The van der Waals surface area contributed by atoms with Crippen molar-refractivity contribution >= 4 is 23.0 Å². The van der Waals surface area contributed by atoms with Crippen molar-refractivity contribution in [3.63, 3.8) is 0 Å². The van der Waals surface area contributed by atoms with Gasteiger partial charge in [-0.15, -0.1) is 0 Å². The van der Waals surface area contributed by atoms with E-state index in [9.17, 15) is 4.79 Å². The molecule has 0 saturated heterocycles. The largest absolute Gasteiger partial charge is 0.478 e. The molecular formula is C27H19NO2. The maximum Gasteiger partial charge on any atom is 0.335 e. The summed E-state index contributed by atoms with van der Waals surface area (Å²) >= 11 is 0. The summed E-state index contributed by atoms with van der Waals surface area (Å²) in [6.07, 6.45) is 0. The smallest absolute Gasteiger partial charge is 0.335 e. The number of carboxylic acid groups (broad SMARTS) is 1. The van der Waals surface area contributed by atoms with Gasteiger partial charge in [-0.2, -0.15) is 0 Å². The average Bonchev–Trinajstić information content (AvgIpc) is 2.80. The van der Waals surface area contributed by atoms with Crippen molar-refractivity contribution in [2.75, 3.05) is 4.90 Å². The quantitative estimate of drug-likeness (QED) is 0.419. The summed E-state index contributed by atoms with van der Waals surface area (Å²) in [5.41, 5.74) is 5.14. The van der Waals surface area contributed by atoms with E-state index in [2.05, 4.69) is 53.1 Å². The van der Waals surface area contributed by atoms with Gasteiger partial charge in [0.05, 0.1) is 5.56 Å². The lowest BCUT2D eigenvalue weighted by Gasteiger charge is -2.25. The number of hydrogen-bond acceptors (Lipinski definition) is 2. The lowest BCUT2D eigenvalue weighted by molar-refractivity contribution is 0.0697. The number of para-hydroxylation sites is 2. The van der Waals surface area contributed by atoms with Crippen LogP contribution in [-0.2, 0) is 0 Å². The van der Waals surface area contributed by atoms with Crippen molar-refractivity contribution in [1.29, 1.82) is 0 Å². The van der Waals surface area contributed by atoms with Gasteiger partial charge < -0.3 is 10.0 Å². The first-order valence-corrected chi connectivity index (χ1v) is 9.56. The van der Waals surface area contributed by atoms with Crippen LogP contribution in [0.3, 0.4) is 0 Å². The third-order valence-corrected chi connectivity index (χ3v) is 4.64. The third kappa shape index (κ3) is 4.40. The van der Waals surface area contributed by atoms with Gasteiger partial charge in [0.1, 0.15) is 0 Å². The Morgan fingerprint density at radius 3 is 1.40 bits per heavy atom. The fraction of sp³-hybridized carbons (Fsp3) is 0. The molecule has 0 saturated carbocycles. The van der Waals surface area contributed by atoms with Crippen molar-refractivity contribution < 1.29 is 9.90 Å². The minimum absolute atomic E-state index is 0.256. The van der Waals surface area contributed by atoms with Crippen LogP contribution in [0.2, 0.25) is 0 Å². The van der Waals surface area contributed by atoms with Crippen LogP contribution < -0.4 is 4.90 Å². The fourth-order valence-electron chi connectivity index (χ4n) is 3.14. The van der Waals surface area contributed by atoms with E-state index in [-0.39, 0.29) is 5.56 Å². The molecule has 0 radical (unpaired) electrons. The minimum Gasteiger partial charge on any atom is -0.478 e. The SMILES string of the molecule is O=C(O)c1ccc(C#Cc2ccc(N(c3ccccc3)c3ccccc3)cc2)cc1. The summed E-state index contributed by atoms with van der Waals surface area (Å²) in [6.45, 7) is 0. The maximum absolute atomic E-state index is 10.9. The number of benzene rings is 4. The fourth-order valence-corrected chi connectivity index (χ4v) is 3.14. The van der Waals surface area contributed by atoms with Crippen LogP contribution in [0.15, 0.2) is 109 Å². The molecule has 0 aliphatic carbocycles. The Bertz CT molecular complexity index is 1150. The molecule has 0 fully saturated rings. The lowest BCUT2D eigenvalue weighted by Crippen LogP contribution is -2.09. The molecule has 30 heavy (non-hydrogen) atoms. The molecule has 0 amide bonds. The summed E-state index contributed by atoms with van der Waals surface area (Å²) in [6, 6.07) is 35.1. The Labute approximate surface area is 175 Å². The zero-order chi connectivity index (χ0) is 20.8. The predicted octanol–water partition coefficient (Wildman–Crippen LogP) is 6.25. The Kier molecular flexibility index (Phi) is 5.59. The van der Waals surface area contributed by atoms with Gasteiger partial charge in [0.25, 0.3) is 0 Å². The molecule has 3 heteroatoms. The molecule has 0 heterocycles. The van der Waals surface area contributed by atoms with Crippen molar-refractivity contribution in [3.8, 4) is 11.8 Å².